The van der Waals surface area contributed by atoms with Crippen LogP contribution in [0.5, 0.6) is 0 Å². The van der Waals surface area contributed by atoms with Crippen LogP contribution in [0.15, 0.2) is 52.1 Å². The summed E-state index contributed by atoms with van der Waals surface area (Å²) in [5, 5.41) is 19.1. The molecule has 132 valence electrons. The fourth-order valence-corrected chi connectivity index (χ4v) is 3.08. The maximum atomic E-state index is 12.3. The Morgan fingerprint density at radius 2 is 2.08 bits per heavy atom. The molecule has 0 atom stereocenters. The third kappa shape index (κ3) is 4.09. The van der Waals surface area contributed by atoms with Crippen LogP contribution in [0, 0.1) is 17.0 Å². The molecule has 3 aromatic rings. The number of Topliss-reactive ketones (excluding diaryl/α,β-unsaturated/α-hetero) is 1. The van der Waals surface area contributed by atoms with Crippen LogP contribution < -0.4 is 0 Å². The van der Waals surface area contributed by atoms with Crippen LogP contribution in [-0.2, 0) is 0 Å². The number of carbonyl (C=O) groups excluding carboxylic acids is 1. The van der Waals surface area contributed by atoms with Crippen LogP contribution in [0.2, 0.25) is 5.02 Å². The molecule has 0 fully saturated rings. The number of aromatic nitrogens is 2. The van der Waals surface area contributed by atoms with Gasteiger partial charge in [-0.15, -0.1) is 10.2 Å². The summed E-state index contributed by atoms with van der Waals surface area (Å²) in [6.07, 6.45) is 0. The lowest BCUT2D eigenvalue weighted by Gasteiger charge is -2.02. The Morgan fingerprint density at radius 1 is 1.27 bits per heavy atom. The lowest BCUT2D eigenvalue weighted by molar-refractivity contribution is -0.384. The predicted molar refractivity (Wildman–Crippen MR) is 97.6 cm³/mol. The van der Waals surface area contributed by atoms with Gasteiger partial charge < -0.3 is 4.42 Å². The Balaban J connectivity index is 1.71. The van der Waals surface area contributed by atoms with Crippen molar-refractivity contribution in [3.63, 3.8) is 0 Å². The number of aryl methyl sites for hydroxylation is 1. The minimum Gasteiger partial charge on any atom is -0.411 e. The Labute approximate surface area is 157 Å². The molecular weight excluding hydrogens is 378 g/mol. The smallest absolute Gasteiger partial charge is 0.277 e. The van der Waals surface area contributed by atoms with E-state index in [1.165, 1.54) is 12.1 Å². The second-order valence-corrected chi connectivity index (χ2v) is 6.71. The van der Waals surface area contributed by atoms with Gasteiger partial charge in [-0.2, -0.15) is 0 Å². The molecule has 0 N–H and O–H groups in total. The van der Waals surface area contributed by atoms with Gasteiger partial charge in [0.15, 0.2) is 5.78 Å². The number of thioether (sulfide) groups is 1. The summed E-state index contributed by atoms with van der Waals surface area (Å²) in [5.74, 6) is -0.0351. The van der Waals surface area contributed by atoms with Gasteiger partial charge in [0.05, 0.1) is 15.7 Å². The van der Waals surface area contributed by atoms with E-state index < -0.39 is 4.92 Å². The number of ketones is 1. The van der Waals surface area contributed by atoms with Crippen molar-refractivity contribution in [2.45, 2.75) is 12.1 Å². The Morgan fingerprint density at radius 3 is 2.81 bits per heavy atom. The average Bonchev–Trinajstić information content (AvgIpc) is 3.09. The molecule has 0 saturated carbocycles. The lowest BCUT2D eigenvalue weighted by Crippen LogP contribution is -2.04. The predicted octanol–water partition coefficient (Wildman–Crippen LogP) is 4.58. The van der Waals surface area contributed by atoms with Crippen LogP contribution in [0.3, 0.4) is 0 Å². The van der Waals surface area contributed by atoms with Crippen LogP contribution in [0.4, 0.5) is 5.69 Å². The fraction of sp³-hybridized carbons (Fsp3) is 0.118. The SMILES string of the molecule is Cc1cccc(-c2nnc(SCC(=O)c3cc([N+](=O)[O-])ccc3Cl)o2)c1. The third-order valence-electron chi connectivity index (χ3n) is 3.46. The molecule has 3 rings (SSSR count). The Hall–Kier alpha value is -2.71. The average molecular weight is 390 g/mol. The highest BCUT2D eigenvalue weighted by atomic mass is 35.5. The Kier molecular flexibility index (Phi) is 5.34. The molecule has 0 aliphatic heterocycles. The molecule has 1 aromatic heterocycles. The summed E-state index contributed by atoms with van der Waals surface area (Å²) in [6.45, 7) is 1.96. The first kappa shape index (κ1) is 18.1. The van der Waals surface area contributed by atoms with E-state index in [1.54, 1.807) is 0 Å². The van der Waals surface area contributed by atoms with Gasteiger partial charge in [-0.25, -0.2) is 0 Å². The van der Waals surface area contributed by atoms with Gasteiger partial charge in [-0.05, 0) is 25.1 Å². The zero-order valence-corrected chi connectivity index (χ0v) is 15.1. The summed E-state index contributed by atoms with van der Waals surface area (Å²) in [6, 6.07) is 11.3. The number of nitro groups is 1. The number of non-ortho nitro benzene ring substituents is 1. The standard InChI is InChI=1S/C17H12ClN3O4S/c1-10-3-2-4-11(7-10)16-19-20-17(25-16)26-9-15(22)13-8-12(21(23)24)5-6-14(13)18/h2-8H,9H2,1H3. The molecule has 0 bridgehead atoms. The lowest BCUT2D eigenvalue weighted by atomic mass is 10.1. The van der Waals surface area contributed by atoms with Crippen molar-refractivity contribution in [1.29, 1.82) is 0 Å². The quantitative estimate of drug-likeness (QED) is 0.263. The summed E-state index contributed by atoms with van der Waals surface area (Å²) >= 11 is 7.02. The normalized spacial score (nSPS) is 10.7. The highest BCUT2D eigenvalue weighted by Gasteiger charge is 2.17. The van der Waals surface area contributed by atoms with Crippen molar-refractivity contribution in [2.24, 2.45) is 0 Å². The zero-order chi connectivity index (χ0) is 18.7. The van der Waals surface area contributed by atoms with Crippen molar-refractivity contribution in [3.05, 3.63) is 68.7 Å². The van der Waals surface area contributed by atoms with Crippen molar-refractivity contribution in [2.75, 3.05) is 5.75 Å². The molecular formula is C17H12ClN3O4S. The van der Waals surface area contributed by atoms with Crippen LogP contribution in [-0.4, -0.2) is 26.7 Å². The van der Waals surface area contributed by atoms with E-state index in [2.05, 4.69) is 10.2 Å². The number of carbonyl (C=O) groups is 1. The van der Waals surface area contributed by atoms with Crippen LogP contribution in [0.1, 0.15) is 15.9 Å². The number of benzene rings is 2. The van der Waals surface area contributed by atoms with E-state index in [1.807, 2.05) is 31.2 Å². The molecule has 1 heterocycles. The van der Waals surface area contributed by atoms with E-state index in [0.29, 0.717) is 5.89 Å². The monoisotopic (exact) mass is 389 g/mol. The van der Waals surface area contributed by atoms with Crippen molar-refractivity contribution < 1.29 is 14.1 Å². The summed E-state index contributed by atoms with van der Waals surface area (Å²) in [7, 11) is 0. The largest absolute Gasteiger partial charge is 0.411 e. The molecule has 0 saturated heterocycles. The molecule has 0 spiro atoms. The van der Waals surface area contributed by atoms with Crippen LogP contribution in [0.25, 0.3) is 11.5 Å². The van der Waals surface area contributed by atoms with Crippen LogP contribution >= 0.6 is 23.4 Å². The maximum Gasteiger partial charge on any atom is 0.277 e. The molecule has 0 amide bonds. The van der Waals surface area contributed by atoms with Gasteiger partial charge >= 0.3 is 0 Å². The molecule has 26 heavy (non-hydrogen) atoms. The zero-order valence-electron chi connectivity index (χ0n) is 13.5. The minimum atomic E-state index is -0.577. The number of nitrogens with zero attached hydrogens (tertiary/aromatic N) is 3. The topological polar surface area (TPSA) is 99.1 Å². The van der Waals surface area contributed by atoms with Gasteiger partial charge in [0.2, 0.25) is 5.89 Å². The maximum absolute atomic E-state index is 12.3. The first-order valence-corrected chi connectivity index (χ1v) is 8.81. The van der Waals surface area contributed by atoms with E-state index in [4.69, 9.17) is 16.0 Å². The number of rotatable bonds is 6. The minimum absolute atomic E-state index is 0.0314. The van der Waals surface area contributed by atoms with Crippen molar-refractivity contribution >= 4 is 34.8 Å². The molecule has 7 nitrogen and oxygen atoms in total. The number of hydrogen-bond acceptors (Lipinski definition) is 7. The summed E-state index contributed by atoms with van der Waals surface area (Å²) in [5.41, 5.74) is 1.75. The highest BCUT2D eigenvalue weighted by molar-refractivity contribution is 7.99. The van der Waals surface area contributed by atoms with E-state index >= 15 is 0 Å². The fourth-order valence-electron chi connectivity index (χ4n) is 2.21. The molecule has 2 aromatic carbocycles. The van der Waals surface area contributed by atoms with E-state index in [-0.39, 0.29) is 33.0 Å². The van der Waals surface area contributed by atoms with Gasteiger partial charge in [0.25, 0.3) is 10.9 Å². The van der Waals surface area contributed by atoms with Gasteiger partial charge in [-0.3, -0.25) is 14.9 Å². The van der Waals surface area contributed by atoms with Gasteiger partial charge in [0.1, 0.15) is 0 Å². The third-order valence-corrected chi connectivity index (χ3v) is 4.61. The summed E-state index contributed by atoms with van der Waals surface area (Å²) < 4.78 is 5.55. The van der Waals surface area contributed by atoms with Crippen molar-refractivity contribution in [3.8, 4) is 11.5 Å². The molecule has 9 heteroatoms. The number of nitro benzene ring substituents is 1. The molecule has 0 aliphatic rings. The van der Waals surface area contributed by atoms with Gasteiger partial charge in [-0.1, -0.05) is 41.1 Å². The molecule has 0 radical (unpaired) electrons. The van der Waals surface area contributed by atoms with Gasteiger partial charge in [0, 0.05) is 23.3 Å². The number of hydrogen-bond donors (Lipinski definition) is 0. The number of halogens is 1. The highest BCUT2D eigenvalue weighted by Crippen LogP contribution is 2.27. The molecule has 0 aliphatic carbocycles. The van der Waals surface area contributed by atoms with E-state index in [0.717, 1.165) is 29.0 Å². The first-order chi connectivity index (χ1) is 12.4. The summed E-state index contributed by atoms with van der Waals surface area (Å²) in [4.78, 5) is 22.6. The molecule has 0 unspecified atom stereocenters. The Bertz CT molecular complexity index is 990. The van der Waals surface area contributed by atoms with Crippen molar-refractivity contribution in [1.82, 2.24) is 10.2 Å². The second-order valence-electron chi connectivity index (χ2n) is 5.38. The van der Waals surface area contributed by atoms with E-state index in [9.17, 15) is 14.9 Å². The second kappa shape index (κ2) is 7.67. The first-order valence-electron chi connectivity index (χ1n) is 7.44.